The summed E-state index contributed by atoms with van der Waals surface area (Å²) in [7, 11) is 0. The topological polar surface area (TPSA) is 91.3 Å². The lowest BCUT2D eigenvalue weighted by atomic mass is 9.92. The maximum Gasteiger partial charge on any atom is 0.332 e. The summed E-state index contributed by atoms with van der Waals surface area (Å²) in [6.45, 7) is 5.81. The van der Waals surface area contributed by atoms with Gasteiger partial charge in [0.2, 0.25) is 11.6 Å². The maximum atomic E-state index is 13.8. The van der Waals surface area contributed by atoms with Crippen LogP contribution in [0.1, 0.15) is 41.5 Å². The summed E-state index contributed by atoms with van der Waals surface area (Å²) >= 11 is 0. The van der Waals surface area contributed by atoms with Crippen LogP contribution < -0.4 is 9.47 Å². The number of hydrogen-bond donors (Lipinski definition) is 0. The third-order valence-electron chi connectivity index (χ3n) is 5.55. The second-order valence-electron chi connectivity index (χ2n) is 7.86. The molecule has 4 rings (SSSR count). The van der Waals surface area contributed by atoms with E-state index in [4.69, 9.17) is 14.3 Å². The molecule has 4 aromatic carbocycles. The minimum absolute atomic E-state index is 0.239. The zero-order valence-corrected chi connectivity index (χ0v) is 20.2. The smallest absolute Gasteiger partial charge is 0.332 e. The Kier molecular flexibility index (Phi) is 7.39. The number of nitrogens with zero attached hydrogens (tertiary/aromatic N) is 1. The van der Waals surface area contributed by atoms with E-state index in [-0.39, 0.29) is 11.1 Å². The first kappa shape index (κ1) is 24.6. The van der Waals surface area contributed by atoms with Gasteiger partial charge in [-0.15, -0.1) is 0 Å². The van der Waals surface area contributed by atoms with Crippen LogP contribution in [-0.4, -0.2) is 36.5 Å². The normalized spacial score (nSPS) is 10.6. The number of ether oxygens (including phenoxy) is 2. The van der Waals surface area contributed by atoms with Crippen molar-refractivity contribution in [3.8, 4) is 11.5 Å². The second kappa shape index (κ2) is 10.8. The van der Waals surface area contributed by atoms with Crippen LogP contribution in [0.3, 0.4) is 0 Å². The average Bonchev–Trinajstić information content (AvgIpc) is 2.89. The summed E-state index contributed by atoms with van der Waals surface area (Å²) in [5.41, 5.74) is -0.0269. The van der Waals surface area contributed by atoms with Gasteiger partial charge in [0.1, 0.15) is 11.5 Å². The molecule has 0 heterocycles. The van der Waals surface area contributed by atoms with Gasteiger partial charge in [-0.2, -0.15) is 0 Å². The van der Waals surface area contributed by atoms with E-state index >= 15 is 0 Å². The van der Waals surface area contributed by atoms with Crippen LogP contribution in [0.25, 0.3) is 21.5 Å². The molecule has 0 N–H and O–H groups in total. The van der Waals surface area contributed by atoms with Crippen molar-refractivity contribution in [3.63, 3.8) is 0 Å². The van der Waals surface area contributed by atoms with Crippen molar-refractivity contribution in [1.82, 2.24) is 0 Å². The zero-order valence-electron chi connectivity index (χ0n) is 20.2. The number of benzene rings is 4. The van der Waals surface area contributed by atoms with Crippen molar-refractivity contribution in [1.29, 1.82) is 0 Å². The van der Waals surface area contributed by atoms with Gasteiger partial charge in [0.15, 0.2) is 5.71 Å². The number of oxime groups is 1. The molecule has 182 valence electrons. The van der Waals surface area contributed by atoms with Crippen molar-refractivity contribution in [2.45, 2.75) is 20.8 Å². The first-order valence-electron chi connectivity index (χ1n) is 11.6. The maximum absolute atomic E-state index is 13.8. The Balaban J connectivity index is 1.86. The molecular formula is C29H25NO6. The predicted molar refractivity (Wildman–Crippen MR) is 138 cm³/mol. The molecule has 0 aliphatic rings. The summed E-state index contributed by atoms with van der Waals surface area (Å²) < 4.78 is 11.4. The number of ketones is 2. The minimum atomic E-state index is -0.749. The molecule has 0 fully saturated rings. The van der Waals surface area contributed by atoms with Crippen molar-refractivity contribution < 1.29 is 28.7 Å². The molecule has 0 saturated carbocycles. The first-order valence-corrected chi connectivity index (χ1v) is 11.6. The molecule has 0 unspecified atom stereocenters. The molecular weight excluding hydrogens is 458 g/mol. The van der Waals surface area contributed by atoms with Crippen molar-refractivity contribution in [2.24, 2.45) is 5.16 Å². The predicted octanol–water partition coefficient (Wildman–Crippen LogP) is 5.78. The van der Waals surface area contributed by atoms with E-state index in [9.17, 15) is 14.4 Å². The fourth-order valence-corrected chi connectivity index (χ4v) is 4.05. The number of carbonyl (C=O) groups is 3. The van der Waals surface area contributed by atoms with Gasteiger partial charge in [0, 0.05) is 28.8 Å². The van der Waals surface area contributed by atoms with Crippen LogP contribution in [0.5, 0.6) is 11.5 Å². The highest BCUT2D eigenvalue weighted by atomic mass is 16.7. The molecule has 0 bridgehead atoms. The lowest BCUT2D eigenvalue weighted by Crippen LogP contribution is -2.26. The molecule has 0 aliphatic heterocycles. The zero-order chi connectivity index (χ0) is 25.7. The van der Waals surface area contributed by atoms with E-state index in [2.05, 4.69) is 5.16 Å². The molecule has 0 radical (unpaired) electrons. The molecule has 0 atom stereocenters. The SMILES string of the molecule is CCOc1ccc(C(=O)C(=NOC(C)=O)C(=O)c2ccc(OCC)c3ccccc23)c2ccccc12. The molecule has 4 aromatic rings. The van der Waals surface area contributed by atoms with Crippen molar-refractivity contribution in [3.05, 3.63) is 83.9 Å². The third kappa shape index (κ3) is 4.81. The third-order valence-corrected chi connectivity index (χ3v) is 5.55. The highest BCUT2D eigenvalue weighted by Crippen LogP contribution is 2.31. The minimum Gasteiger partial charge on any atom is -0.493 e. The summed E-state index contributed by atoms with van der Waals surface area (Å²) in [6.07, 6.45) is 0. The van der Waals surface area contributed by atoms with Gasteiger partial charge in [-0.25, -0.2) is 4.79 Å². The lowest BCUT2D eigenvalue weighted by molar-refractivity contribution is -0.140. The number of Topliss-reactive ketones (excluding diaryl/α,β-unsaturated/α-hetero) is 2. The van der Waals surface area contributed by atoms with Crippen LogP contribution in [0.2, 0.25) is 0 Å². The number of rotatable bonds is 9. The van der Waals surface area contributed by atoms with Gasteiger partial charge in [-0.3, -0.25) is 9.59 Å². The number of hydrogen-bond acceptors (Lipinski definition) is 7. The Morgan fingerprint density at radius 1 is 0.639 bits per heavy atom. The number of fused-ring (bicyclic) bond motifs is 2. The fourth-order valence-electron chi connectivity index (χ4n) is 4.05. The highest BCUT2D eigenvalue weighted by Gasteiger charge is 2.28. The summed E-state index contributed by atoms with van der Waals surface area (Å²) in [5, 5.41) is 6.33. The quantitative estimate of drug-likeness (QED) is 0.0986. The van der Waals surface area contributed by atoms with Crippen LogP contribution in [-0.2, 0) is 9.63 Å². The molecule has 0 aliphatic carbocycles. The lowest BCUT2D eigenvalue weighted by Gasteiger charge is -2.13. The van der Waals surface area contributed by atoms with Gasteiger partial charge in [-0.1, -0.05) is 53.7 Å². The van der Waals surface area contributed by atoms with Gasteiger partial charge in [-0.05, 0) is 48.9 Å². The average molecular weight is 484 g/mol. The highest BCUT2D eigenvalue weighted by molar-refractivity contribution is 6.73. The summed E-state index contributed by atoms with van der Waals surface area (Å²) in [4.78, 5) is 43.8. The van der Waals surface area contributed by atoms with Gasteiger partial charge in [0.05, 0.1) is 13.2 Å². The summed E-state index contributed by atoms with van der Waals surface area (Å²) in [5.74, 6) is -0.850. The van der Waals surface area contributed by atoms with Crippen molar-refractivity contribution >= 4 is 44.8 Å². The van der Waals surface area contributed by atoms with Crippen LogP contribution in [0, 0.1) is 0 Å². The number of carbonyl (C=O) groups excluding carboxylic acids is 3. The summed E-state index contributed by atoms with van der Waals surface area (Å²) in [6, 6.07) is 21.0. The van der Waals surface area contributed by atoms with E-state index < -0.39 is 23.2 Å². The van der Waals surface area contributed by atoms with E-state index in [1.807, 2.05) is 38.1 Å². The van der Waals surface area contributed by atoms with Gasteiger partial charge in [0.25, 0.3) is 0 Å². The van der Waals surface area contributed by atoms with Crippen LogP contribution in [0.4, 0.5) is 0 Å². The molecule has 0 spiro atoms. The Bertz CT molecular complexity index is 1400. The standard InChI is InChI=1S/C29H25NO6/c1-4-34-25-16-14-23(19-10-6-8-12-21(19)25)28(32)27(30-36-18(3)31)29(33)24-15-17-26(35-5-2)22-13-9-7-11-20(22)24/h6-17H,4-5H2,1-3H3. The monoisotopic (exact) mass is 483 g/mol. The molecule has 0 amide bonds. The van der Waals surface area contributed by atoms with Gasteiger partial charge >= 0.3 is 5.97 Å². The second-order valence-corrected chi connectivity index (χ2v) is 7.86. The molecule has 0 aromatic heterocycles. The van der Waals surface area contributed by atoms with E-state index in [1.165, 1.54) is 0 Å². The molecule has 7 heteroatoms. The Hall–Kier alpha value is -4.52. The Morgan fingerprint density at radius 2 is 1.06 bits per heavy atom. The molecule has 0 saturated heterocycles. The van der Waals surface area contributed by atoms with Gasteiger partial charge < -0.3 is 14.3 Å². The fraction of sp³-hybridized carbons (Fsp3) is 0.172. The van der Waals surface area contributed by atoms with Crippen LogP contribution in [0.15, 0.2) is 78.0 Å². The first-order chi connectivity index (χ1) is 17.5. The largest absolute Gasteiger partial charge is 0.493 e. The van der Waals surface area contributed by atoms with E-state index in [0.717, 1.165) is 17.7 Å². The Labute approximate surface area is 208 Å². The Morgan fingerprint density at radius 3 is 1.44 bits per heavy atom. The molecule has 7 nitrogen and oxygen atoms in total. The van der Waals surface area contributed by atoms with Crippen molar-refractivity contribution in [2.75, 3.05) is 13.2 Å². The van der Waals surface area contributed by atoms with Crippen LogP contribution >= 0.6 is 0 Å². The molecule has 36 heavy (non-hydrogen) atoms. The van der Waals surface area contributed by atoms with E-state index in [1.54, 1.807) is 48.5 Å². The van der Waals surface area contributed by atoms with E-state index in [0.29, 0.717) is 35.5 Å².